The molecule has 94 valence electrons. The molecule has 5 heteroatoms. The van der Waals surface area contributed by atoms with E-state index >= 15 is 0 Å². The van der Waals surface area contributed by atoms with Crippen molar-refractivity contribution in [2.75, 3.05) is 7.05 Å². The van der Waals surface area contributed by atoms with Crippen molar-refractivity contribution in [1.82, 2.24) is 15.3 Å². The minimum Gasteiger partial charge on any atom is -0.471 e. The second-order valence-electron chi connectivity index (χ2n) is 4.41. The second-order valence-corrected chi connectivity index (χ2v) is 4.41. The minimum absolute atomic E-state index is 0.00227. The molecule has 0 amide bonds. The predicted molar refractivity (Wildman–Crippen MR) is 62.5 cm³/mol. The van der Waals surface area contributed by atoms with Crippen molar-refractivity contribution in [3.63, 3.8) is 0 Å². The van der Waals surface area contributed by atoms with Gasteiger partial charge in [0.25, 0.3) is 5.88 Å². The van der Waals surface area contributed by atoms with E-state index in [9.17, 15) is 4.39 Å². The van der Waals surface area contributed by atoms with Crippen LogP contribution in [-0.2, 0) is 0 Å². The third-order valence-corrected chi connectivity index (χ3v) is 3.27. The van der Waals surface area contributed by atoms with Gasteiger partial charge in [0, 0.05) is 6.04 Å². The van der Waals surface area contributed by atoms with Gasteiger partial charge in [-0.1, -0.05) is 6.42 Å². The number of aryl methyl sites for hydroxylation is 1. The number of rotatable bonds is 3. The Hall–Kier alpha value is -1.23. The van der Waals surface area contributed by atoms with Gasteiger partial charge in [-0.2, -0.15) is 9.37 Å². The van der Waals surface area contributed by atoms with Crippen molar-refractivity contribution in [2.45, 2.75) is 44.8 Å². The Morgan fingerprint density at radius 3 is 2.88 bits per heavy atom. The molecule has 0 spiro atoms. The van der Waals surface area contributed by atoms with Crippen molar-refractivity contribution >= 4 is 0 Å². The standard InChI is InChI=1S/C12H18FN3O/c1-8-11(13)12(16-7-15-8)17-10-6-4-3-5-9(10)14-2/h7,9-10,14H,3-6H2,1-2H3. The van der Waals surface area contributed by atoms with Gasteiger partial charge < -0.3 is 10.1 Å². The molecule has 1 aromatic rings. The van der Waals surface area contributed by atoms with Crippen LogP contribution in [0.2, 0.25) is 0 Å². The van der Waals surface area contributed by atoms with E-state index in [2.05, 4.69) is 15.3 Å². The van der Waals surface area contributed by atoms with Crippen molar-refractivity contribution in [2.24, 2.45) is 0 Å². The summed E-state index contributed by atoms with van der Waals surface area (Å²) in [5, 5.41) is 3.22. The van der Waals surface area contributed by atoms with Crippen molar-refractivity contribution < 1.29 is 9.13 Å². The lowest BCUT2D eigenvalue weighted by molar-refractivity contribution is 0.107. The maximum absolute atomic E-state index is 13.7. The van der Waals surface area contributed by atoms with E-state index in [-0.39, 0.29) is 18.0 Å². The zero-order valence-electron chi connectivity index (χ0n) is 10.2. The number of ether oxygens (including phenoxy) is 1. The van der Waals surface area contributed by atoms with Crippen LogP contribution in [0.15, 0.2) is 6.33 Å². The topological polar surface area (TPSA) is 47.0 Å². The lowest BCUT2D eigenvalue weighted by Crippen LogP contribution is -2.43. The van der Waals surface area contributed by atoms with Gasteiger partial charge in [-0.25, -0.2) is 4.98 Å². The van der Waals surface area contributed by atoms with Gasteiger partial charge in [0.05, 0.1) is 5.69 Å². The minimum atomic E-state index is -0.451. The van der Waals surface area contributed by atoms with Gasteiger partial charge in [0.1, 0.15) is 12.4 Å². The normalized spacial score (nSPS) is 24.6. The molecule has 2 unspecified atom stereocenters. The summed E-state index contributed by atoms with van der Waals surface area (Å²) in [6.07, 6.45) is 5.65. The Morgan fingerprint density at radius 1 is 1.35 bits per heavy atom. The van der Waals surface area contributed by atoms with Crippen LogP contribution in [0, 0.1) is 12.7 Å². The highest BCUT2D eigenvalue weighted by Gasteiger charge is 2.26. The Morgan fingerprint density at radius 2 is 2.12 bits per heavy atom. The molecule has 1 N–H and O–H groups in total. The number of nitrogens with zero attached hydrogens (tertiary/aromatic N) is 2. The average Bonchev–Trinajstić information content (AvgIpc) is 2.35. The van der Waals surface area contributed by atoms with Crippen LogP contribution in [0.4, 0.5) is 4.39 Å². The maximum atomic E-state index is 13.7. The molecule has 17 heavy (non-hydrogen) atoms. The van der Waals surface area contributed by atoms with E-state index in [1.165, 1.54) is 12.7 Å². The molecule has 1 saturated carbocycles. The fraction of sp³-hybridized carbons (Fsp3) is 0.667. The van der Waals surface area contributed by atoms with Gasteiger partial charge in [-0.05, 0) is 33.2 Å². The summed E-state index contributed by atoms with van der Waals surface area (Å²) < 4.78 is 19.4. The van der Waals surface area contributed by atoms with E-state index in [1.54, 1.807) is 6.92 Å². The number of hydrogen-bond donors (Lipinski definition) is 1. The summed E-state index contributed by atoms with van der Waals surface area (Å²) in [6, 6.07) is 0.276. The molecule has 0 radical (unpaired) electrons. The van der Waals surface area contributed by atoms with Crippen LogP contribution in [0.25, 0.3) is 0 Å². The molecule has 1 fully saturated rings. The van der Waals surface area contributed by atoms with Gasteiger partial charge >= 0.3 is 0 Å². The Bertz CT molecular complexity index is 386. The Kier molecular flexibility index (Phi) is 3.89. The van der Waals surface area contributed by atoms with Gasteiger partial charge in [-0.3, -0.25) is 0 Å². The van der Waals surface area contributed by atoms with E-state index in [4.69, 9.17) is 4.74 Å². The molecule has 2 atom stereocenters. The predicted octanol–water partition coefficient (Wildman–Crippen LogP) is 1.83. The number of nitrogens with one attached hydrogen (secondary N) is 1. The highest BCUT2D eigenvalue weighted by atomic mass is 19.1. The summed E-state index contributed by atoms with van der Waals surface area (Å²) in [6.45, 7) is 1.61. The second kappa shape index (κ2) is 5.40. The SMILES string of the molecule is CNC1CCCCC1Oc1ncnc(C)c1F. The molecular weight excluding hydrogens is 221 g/mol. The molecule has 2 rings (SSSR count). The first kappa shape index (κ1) is 12.2. The van der Waals surface area contributed by atoms with Gasteiger partial charge in [0.15, 0.2) is 0 Å². The average molecular weight is 239 g/mol. The molecule has 0 saturated heterocycles. The number of halogens is 1. The van der Waals surface area contributed by atoms with Crippen LogP contribution in [0.3, 0.4) is 0 Å². The van der Waals surface area contributed by atoms with Gasteiger partial charge in [-0.15, -0.1) is 0 Å². The zero-order chi connectivity index (χ0) is 12.3. The van der Waals surface area contributed by atoms with E-state index in [0.29, 0.717) is 5.69 Å². The summed E-state index contributed by atoms with van der Waals surface area (Å²) in [4.78, 5) is 7.66. The van der Waals surface area contributed by atoms with Crippen LogP contribution in [0.1, 0.15) is 31.4 Å². The summed E-state index contributed by atoms with van der Waals surface area (Å²) in [7, 11) is 1.91. The molecule has 4 nitrogen and oxygen atoms in total. The van der Waals surface area contributed by atoms with Crippen LogP contribution < -0.4 is 10.1 Å². The third-order valence-electron chi connectivity index (χ3n) is 3.27. The van der Waals surface area contributed by atoms with Crippen molar-refractivity contribution in [3.8, 4) is 5.88 Å². The molecule has 0 aliphatic heterocycles. The van der Waals surface area contributed by atoms with E-state index in [0.717, 1.165) is 19.3 Å². The lowest BCUT2D eigenvalue weighted by Gasteiger charge is -2.31. The number of likely N-dealkylation sites (N-methyl/N-ethyl adjacent to an activating group) is 1. The van der Waals surface area contributed by atoms with E-state index in [1.807, 2.05) is 7.05 Å². The molecule has 1 aromatic heterocycles. The largest absolute Gasteiger partial charge is 0.471 e. The summed E-state index contributed by atoms with van der Waals surface area (Å²) in [5.74, 6) is -0.377. The summed E-state index contributed by atoms with van der Waals surface area (Å²) in [5.41, 5.74) is 0.326. The first-order chi connectivity index (χ1) is 8.22. The molecule has 0 aromatic carbocycles. The van der Waals surface area contributed by atoms with Gasteiger partial charge in [0.2, 0.25) is 5.82 Å². The maximum Gasteiger partial charge on any atom is 0.254 e. The molecule has 1 aliphatic rings. The molecular formula is C12H18FN3O. The van der Waals surface area contributed by atoms with Crippen molar-refractivity contribution in [1.29, 1.82) is 0 Å². The third kappa shape index (κ3) is 2.72. The van der Waals surface area contributed by atoms with Crippen LogP contribution in [0.5, 0.6) is 5.88 Å². The monoisotopic (exact) mass is 239 g/mol. The van der Waals surface area contributed by atoms with Crippen molar-refractivity contribution in [3.05, 3.63) is 17.8 Å². The Balaban J connectivity index is 2.11. The highest BCUT2D eigenvalue weighted by Crippen LogP contribution is 2.24. The molecule has 1 heterocycles. The van der Waals surface area contributed by atoms with E-state index < -0.39 is 5.82 Å². The highest BCUT2D eigenvalue weighted by molar-refractivity contribution is 5.16. The number of hydrogen-bond acceptors (Lipinski definition) is 4. The zero-order valence-corrected chi connectivity index (χ0v) is 10.2. The lowest BCUT2D eigenvalue weighted by atomic mass is 9.92. The number of aromatic nitrogens is 2. The first-order valence-corrected chi connectivity index (χ1v) is 6.03. The van der Waals surface area contributed by atoms with Crippen LogP contribution in [-0.4, -0.2) is 29.2 Å². The Labute approximate surface area is 101 Å². The smallest absolute Gasteiger partial charge is 0.254 e. The van der Waals surface area contributed by atoms with Crippen LogP contribution >= 0.6 is 0 Å². The fourth-order valence-corrected chi connectivity index (χ4v) is 2.23. The summed E-state index contributed by atoms with van der Waals surface area (Å²) >= 11 is 0. The molecule has 1 aliphatic carbocycles. The molecule has 0 bridgehead atoms. The fourth-order valence-electron chi connectivity index (χ4n) is 2.23. The first-order valence-electron chi connectivity index (χ1n) is 6.03. The quantitative estimate of drug-likeness (QED) is 0.874.